The van der Waals surface area contributed by atoms with E-state index in [1.54, 1.807) is 16.7 Å². The molecule has 0 fully saturated rings. The lowest BCUT2D eigenvalue weighted by atomic mass is 9.91. The van der Waals surface area contributed by atoms with Crippen LogP contribution < -0.4 is 5.56 Å². The highest BCUT2D eigenvalue weighted by Gasteiger charge is 2.17. The molecular formula is C35H54N2O6. The summed E-state index contributed by atoms with van der Waals surface area (Å²) in [7, 11) is 0. The summed E-state index contributed by atoms with van der Waals surface area (Å²) >= 11 is 0. The van der Waals surface area contributed by atoms with Crippen molar-refractivity contribution in [2.75, 3.05) is 39.6 Å². The summed E-state index contributed by atoms with van der Waals surface area (Å²) < 4.78 is 18.4. The minimum atomic E-state index is -0.816. The lowest BCUT2D eigenvalue weighted by Crippen LogP contribution is -2.23. The van der Waals surface area contributed by atoms with Crippen molar-refractivity contribution in [3.05, 3.63) is 63.3 Å². The number of aliphatic carboxylic acids is 1. The molecule has 1 atom stereocenters. The molecule has 0 unspecified atom stereocenters. The van der Waals surface area contributed by atoms with Crippen LogP contribution in [0.2, 0.25) is 0 Å². The SMILES string of the molecule is CC(C)(C)CCOCCOCCOCCn1cc([C@H](CCCCCCc2ccc3c(n2)CCCC3)CC(=O)O)ccc1=O. The van der Waals surface area contributed by atoms with Crippen LogP contribution in [0.1, 0.15) is 107 Å². The molecule has 240 valence electrons. The molecule has 0 spiro atoms. The van der Waals surface area contributed by atoms with Gasteiger partial charge in [-0.1, -0.05) is 52.2 Å². The van der Waals surface area contributed by atoms with E-state index in [1.165, 1.54) is 29.8 Å². The number of aryl methyl sites for hydroxylation is 3. The fourth-order valence-electron chi connectivity index (χ4n) is 5.46. The number of aromatic nitrogens is 2. The van der Waals surface area contributed by atoms with E-state index in [0.717, 1.165) is 70.0 Å². The van der Waals surface area contributed by atoms with Crippen LogP contribution in [0.15, 0.2) is 35.3 Å². The fraction of sp³-hybridized carbons (Fsp3) is 0.686. The van der Waals surface area contributed by atoms with Gasteiger partial charge in [0.15, 0.2) is 0 Å². The molecule has 0 saturated carbocycles. The molecule has 43 heavy (non-hydrogen) atoms. The molecule has 1 aliphatic rings. The molecule has 0 aromatic carbocycles. The Bertz CT molecular complexity index is 1160. The molecule has 8 heteroatoms. The van der Waals surface area contributed by atoms with Gasteiger partial charge >= 0.3 is 5.97 Å². The zero-order valence-corrected chi connectivity index (χ0v) is 26.8. The maximum atomic E-state index is 12.4. The Hall–Kier alpha value is -2.55. The first-order valence-electron chi connectivity index (χ1n) is 16.3. The van der Waals surface area contributed by atoms with E-state index in [9.17, 15) is 14.7 Å². The van der Waals surface area contributed by atoms with Crippen LogP contribution in [-0.4, -0.2) is 60.3 Å². The van der Waals surface area contributed by atoms with Crippen LogP contribution in [-0.2, 0) is 44.8 Å². The second kappa shape index (κ2) is 19.0. The van der Waals surface area contributed by atoms with Crippen LogP contribution in [0.3, 0.4) is 0 Å². The van der Waals surface area contributed by atoms with Gasteiger partial charge in [-0.2, -0.15) is 0 Å². The summed E-state index contributed by atoms with van der Waals surface area (Å²) in [5.41, 5.74) is 4.97. The Morgan fingerprint density at radius 1 is 0.907 bits per heavy atom. The zero-order chi connectivity index (χ0) is 30.9. The second-order valence-electron chi connectivity index (χ2n) is 13.0. The molecule has 1 N–H and O–H groups in total. The number of pyridine rings is 2. The topological polar surface area (TPSA) is 99.9 Å². The minimum Gasteiger partial charge on any atom is -0.481 e. The Morgan fingerprint density at radius 3 is 2.35 bits per heavy atom. The number of carbonyl (C=O) groups is 1. The van der Waals surface area contributed by atoms with E-state index in [2.05, 4.69) is 32.9 Å². The van der Waals surface area contributed by atoms with Crippen molar-refractivity contribution in [3.63, 3.8) is 0 Å². The summed E-state index contributed by atoms with van der Waals surface area (Å²) in [6.45, 7) is 10.1. The van der Waals surface area contributed by atoms with Crippen LogP contribution in [0.4, 0.5) is 0 Å². The van der Waals surface area contributed by atoms with Crippen molar-refractivity contribution in [2.24, 2.45) is 5.41 Å². The van der Waals surface area contributed by atoms with Gasteiger partial charge in [-0.05, 0) is 79.9 Å². The number of ether oxygens (including phenoxy) is 3. The Kier molecular flexibility index (Phi) is 15.4. The molecule has 3 rings (SSSR count). The molecule has 0 amide bonds. The summed E-state index contributed by atoms with van der Waals surface area (Å²) in [6.07, 6.45) is 13.7. The number of fused-ring (bicyclic) bond motifs is 1. The Balaban J connectivity index is 1.33. The lowest BCUT2D eigenvalue weighted by Gasteiger charge is -2.17. The van der Waals surface area contributed by atoms with Crippen molar-refractivity contribution < 1.29 is 24.1 Å². The molecular weight excluding hydrogens is 544 g/mol. The largest absolute Gasteiger partial charge is 0.481 e. The number of hydrogen-bond donors (Lipinski definition) is 1. The highest BCUT2D eigenvalue weighted by molar-refractivity contribution is 5.68. The highest BCUT2D eigenvalue weighted by atomic mass is 16.5. The third-order valence-corrected chi connectivity index (χ3v) is 8.09. The number of rotatable bonds is 21. The van der Waals surface area contributed by atoms with Gasteiger partial charge < -0.3 is 23.9 Å². The average molecular weight is 599 g/mol. The van der Waals surface area contributed by atoms with E-state index in [1.807, 2.05) is 6.20 Å². The summed E-state index contributed by atoms with van der Waals surface area (Å²) in [4.78, 5) is 29.0. The summed E-state index contributed by atoms with van der Waals surface area (Å²) in [6, 6.07) is 7.78. The smallest absolute Gasteiger partial charge is 0.303 e. The van der Waals surface area contributed by atoms with E-state index in [0.29, 0.717) is 39.6 Å². The van der Waals surface area contributed by atoms with Crippen LogP contribution in [0.5, 0.6) is 0 Å². The summed E-state index contributed by atoms with van der Waals surface area (Å²) in [5.74, 6) is -0.934. The fourth-order valence-corrected chi connectivity index (χ4v) is 5.46. The molecule has 0 radical (unpaired) electrons. The minimum absolute atomic E-state index is 0.0605. The van der Waals surface area contributed by atoms with Gasteiger partial charge in [0, 0.05) is 36.8 Å². The number of carboxylic acids is 1. The molecule has 1 aliphatic carbocycles. The first kappa shape index (κ1) is 34.9. The van der Waals surface area contributed by atoms with E-state index >= 15 is 0 Å². The molecule has 2 aromatic rings. The Labute approximate surface area is 258 Å². The third-order valence-electron chi connectivity index (χ3n) is 8.09. The predicted octanol–water partition coefficient (Wildman–Crippen LogP) is 6.36. The van der Waals surface area contributed by atoms with Gasteiger partial charge in [0.05, 0.1) is 39.5 Å². The first-order valence-corrected chi connectivity index (χ1v) is 16.3. The van der Waals surface area contributed by atoms with Gasteiger partial charge in [0.1, 0.15) is 0 Å². The third kappa shape index (κ3) is 14.2. The zero-order valence-electron chi connectivity index (χ0n) is 26.8. The maximum absolute atomic E-state index is 12.4. The first-order chi connectivity index (χ1) is 20.7. The molecule has 0 aliphatic heterocycles. The van der Waals surface area contributed by atoms with Crippen LogP contribution in [0.25, 0.3) is 0 Å². The van der Waals surface area contributed by atoms with Gasteiger partial charge in [-0.3, -0.25) is 14.6 Å². The van der Waals surface area contributed by atoms with E-state index in [4.69, 9.17) is 19.2 Å². The second-order valence-corrected chi connectivity index (χ2v) is 13.0. The normalized spacial score (nSPS) is 14.0. The summed E-state index contributed by atoms with van der Waals surface area (Å²) in [5, 5.41) is 9.54. The van der Waals surface area contributed by atoms with Crippen molar-refractivity contribution in [1.82, 2.24) is 9.55 Å². The van der Waals surface area contributed by atoms with E-state index in [-0.39, 0.29) is 23.3 Å². The number of nitrogens with zero attached hydrogens (tertiary/aromatic N) is 2. The van der Waals surface area contributed by atoms with Crippen LogP contribution >= 0.6 is 0 Å². The monoisotopic (exact) mass is 598 g/mol. The quantitative estimate of drug-likeness (QED) is 0.167. The van der Waals surface area contributed by atoms with Gasteiger partial charge in [0.25, 0.3) is 5.56 Å². The van der Waals surface area contributed by atoms with E-state index < -0.39 is 5.97 Å². The van der Waals surface area contributed by atoms with Crippen molar-refractivity contribution in [1.29, 1.82) is 0 Å². The van der Waals surface area contributed by atoms with Crippen molar-refractivity contribution >= 4 is 5.97 Å². The van der Waals surface area contributed by atoms with Crippen LogP contribution in [0, 0.1) is 5.41 Å². The van der Waals surface area contributed by atoms with Crippen molar-refractivity contribution in [2.45, 2.75) is 110 Å². The standard InChI is InChI=1S/C35H54N2O6/c1-35(2,3)18-20-41-22-24-43-25-23-42-21-19-37-27-30(15-17-33(37)38)29(26-34(39)40)11-6-4-5-7-12-31-16-14-28-10-8-9-13-32(28)36-31/h14-17,27,29H,4-13,18-26H2,1-3H3,(H,39,40)/t29-/m1/s1. The highest BCUT2D eigenvalue weighted by Crippen LogP contribution is 2.26. The van der Waals surface area contributed by atoms with Gasteiger partial charge in [-0.25, -0.2) is 0 Å². The molecule has 2 heterocycles. The molecule has 0 saturated heterocycles. The maximum Gasteiger partial charge on any atom is 0.303 e. The average Bonchev–Trinajstić information content (AvgIpc) is 2.97. The number of hydrogen-bond acceptors (Lipinski definition) is 6. The molecule has 2 aromatic heterocycles. The van der Waals surface area contributed by atoms with Gasteiger partial charge in [0.2, 0.25) is 0 Å². The molecule has 0 bridgehead atoms. The number of carboxylic acid groups (broad SMARTS) is 1. The lowest BCUT2D eigenvalue weighted by molar-refractivity contribution is -0.137. The van der Waals surface area contributed by atoms with Crippen molar-refractivity contribution in [3.8, 4) is 0 Å². The Morgan fingerprint density at radius 2 is 1.60 bits per heavy atom. The number of unbranched alkanes of at least 4 members (excludes halogenated alkanes) is 3. The van der Waals surface area contributed by atoms with Gasteiger partial charge in [-0.15, -0.1) is 0 Å². The predicted molar refractivity (Wildman–Crippen MR) is 170 cm³/mol. The molecule has 8 nitrogen and oxygen atoms in total.